The van der Waals surface area contributed by atoms with Crippen LogP contribution in [0.5, 0.6) is 17.2 Å². The number of amides is 1. The molecule has 0 aliphatic heterocycles. The molecule has 0 spiro atoms. The zero-order chi connectivity index (χ0) is 17.0. The number of phenols is 2. The van der Waals surface area contributed by atoms with Crippen LogP contribution in [-0.2, 0) is 0 Å². The van der Waals surface area contributed by atoms with Gasteiger partial charge in [0.05, 0.1) is 23.9 Å². The molecule has 23 heavy (non-hydrogen) atoms. The van der Waals surface area contributed by atoms with Crippen LogP contribution in [0.1, 0.15) is 15.9 Å². The molecule has 0 atom stereocenters. The predicted molar refractivity (Wildman–Crippen MR) is 87.8 cm³/mol. The summed E-state index contributed by atoms with van der Waals surface area (Å²) in [5.74, 6) is -0.628. The van der Waals surface area contributed by atoms with Crippen LogP contribution in [0.15, 0.2) is 35.4 Å². The van der Waals surface area contributed by atoms with Gasteiger partial charge in [-0.25, -0.2) is 5.43 Å². The summed E-state index contributed by atoms with van der Waals surface area (Å²) in [5, 5.41) is 23.6. The number of nitrogens with one attached hydrogen (secondary N) is 1. The molecular formula is C15H12Cl2N2O4. The number of nitrogens with zero attached hydrogens (tertiary/aromatic N) is 1. The quantitative estimate of drug-likeness (QED) is 0.580. The fraction of sp³-hybridized carbons (Fsp3) is 0.0667. The third-order valence-corrected chi connectivity index (χ3v) is 3.40. The molecule has 2 aromatic carbocycles. The molecule has 2 aromatic rings. The Kier molecular flexibility index (Phi) is 5.31. The van der Waals surface area contributed by atoms with E-state index >= 15 is 0 Å². The number of ether oxygens (including phenoxy) is 1. The van der Waals surface area contributed by atoms with Crippen molar-refractivity contribution < 1.29 is 19.7 Å². The highest BCUT2D eigenvalue weighted by atomic mass is 35.5. The molecular weight excluding hydrogens is 343 g/mol. The minimum atomic E-state index is -0.552. The number of carbonyl (C=O) groups is 1. The number of phenolic OH excluding ortho intramolecular Hbond substituents is 2. The fourth-order valence-electron chi connectivity index (χ4n) is 1.75. The van der Waals surface area contributed by atoms with Gasteiger partial charge in [0.15, 0.2) is 11.5 Å². The predicted octanol–water partition coefficient (Wildman–Crippen LogP) is 3.18. The van der Waals surface area contributed by atoms with Gasteiger partial charge in [-0.3, -0.25) is 4.79 Å². The van der Waals surface area contributed by atoms with Gasteiger partial charge in [0, 0.05) is 10.6 Å². The van der Waals surface area contributed by atoms with E-state index in [1.54, 1.807) is 0 Å². The topological polar surface area (TPSA) is 91.2 Å². The number of aromatic hydroxyl groups is 2. The molecule has 0 fully saturated rings. The minimum absolute atomic E-state index is 0.164. The van der Waals surface area contributed by atoms with Gasteiger partial charge in [-0.05, 0) is 30.3 Å². The molecule has 6 nitrogen and oxygen atoms in total. The number of rotatable bonds is 4. The van der Waals surface area contributed by atoms with E-state index in [4.69, 9.17) is 27.9 Å². The molecule has 8 heteroatoms. The van der Waals surface area contributed by atoms with Gasteiger partial charge in [-0.15, -0.1) is 0 Å². The van der Waals surface area contributed by atoms with Crippen molar-refractivity contribution in [2.24, 2.45) is 5.10 Å². The number of hydrogen-bond acceptors (Lipinski definition) is 5. The van der Waals surface area contributed by atoms with Crippen LogP contribution >= 0.6 is 23.2 Å². The van der Waals surface area contributed by atoms with Gasteiger partial charge >= 0.3 is 0 Å². The molecule has 0 heterocycles. The molecule has 0 radical (unpaired) electrons. The number of benzene rings is 2. The Morgan fingerprint density at radius 3 is 2.57 bits per heavy atom. The molecule has 1 amide bonds. The highest BCUT2D eigenvalue weighted by molar-refractivity contribution is 6.36. The van der Waals surface area contributed by atoms with E-state index in [1.165, 1.54) is 43.7 Å². The number of hydrogen-bond donors (Lipinski definition) is 3. The van der Waals surface area contributed by atoms with Gasteiger partial charge in [0.1, 0.15) is 5.75 Å². The number of methoxy groups -OCH3 is 1. The third-order valence-electron chi connectivity index (χ3n) is 2.87. The average Bonchev–Trinajstić information content (AvgIpc) is 2.49. The smallest absolute Gasteiger partial charge is 0.271 e. The first-order valence-corrected chi connectivity index (χ1v) is 7.06. The Morgan fingerprint density at radius 1 is 1.22 bits per heavy atom. The van der Waals surface area contributed by atoms with Crippen LogP contribution in [0.25, 0.3) is 0 Å². The lowest BCUT2D eigenvalue weighted by atomic mass is 10.2. The van der Waals surface area contributed by atoms with Gasteiger partial charge in [0.2, 0.25) is 0 Å². The van der Waals surface area contributed by atoms with Crippen LogP contribution in [0, 0.1) is 0 Å². The molecule has 0 saturated carbocycles. The summed E-state index contributed by atoms with van der Waals surface area (Å²) in [5.41, 5.74) is 2.66. The van der Waals surface area contributed by atoms with Crippen LogP contribution in [-0.4, -0.2) is 29.4 Å². The van der Waals surface area contributed by atoms with E-state index in [-0.39, 0.29) is 38.4 Å². The largest absolute Gasteiger partial charge is 0.507 e. The molecule has 0 aliphatic rings. The summed E-state index contributed by atoms with van der Waals surface area (Å²) >= 11 is 11.7. The van der Waals surface area contributed by atoms with Crippen molar-refractivity contribution in [1.29, 1.82) is 0 Å². The normalized spacial score (nSPS) is 10.7. The van der Waals surface area contributed by atoms with E-state index in [0.717, 1.165) is 0 Å². The maximum Gasteiger partial charge on any atom is 0.271 e. The van der Waals surface area contributed by atoms with Gasteiger partial charge in [-0.1, -0.05) is 23.2 Å². The fourth-order valence-corrected chi connectivity index (χ4v) is 2.28. The van der Waals surface area contributed by atoms with E-state index in [9.17, 15) is 15.0 Å². The molecule has 120 valence electrons. The molecule has 0 aliphatic carbocycles. The van der Waals surface area contributed by atoms with Crippen molar-refractivity contribution in [2.75, 3.05) is 7.11 Å². The second-order valence-corrected chi connectivity index (χ2v) is 5.25. The standard InChI is InChI=1S/C15H12Cl2N2O4/c1-23-14-3-2-8(4-13(14)21)15(22)19-18-7-10-11(17)5-9(16)6-12(10)20/h2-7,20-21H,1H3,(H,19,22). The number of carbonyl (C=O) groups excluding carboxylic acids is 1. The Balaban J connectivity index is 2.11. The van der Waals surface area contributed by atoms with Gasteiger partial charge in [-0.2, -0.15) is 5.10 Å². The third kappa shape index (κ3) is 4.06. The zero-order valence-electron chi connectivity index (χ0n) is 11.9. The Bertz CT molecular complexity index is 755. The maximum absolute atomic E-state index is 11.9. The lowest BCUT2D eigenvalue weighted by Crippen LogP contribution is -2.17. The summed E-state index contributed by atoms with van der Waals surface area (Å²) in [6.45, 7) is 0. The van der Waals surface area contributed by atoms with Crippen LogP contribution in [0.3, 0.4) is 0 Å². The first-order chi connectivity index (χ1) is 10.9. The van der Waals surface area contributed by atoms with E-state index < -0.39 is 5.91 Å². The first kappa shape index (κ1) is 16.9. The highest BCUT2D eigenvalue weighted by Crippen LogP contribution is 2.28. The SMILES string of the molecule is COc1ccc(C(=O)NN=Cc2c(O)cc(Cl)cc2Cl)cc1O. The second kappa shape index (κ2) is 7.21. The molecule has 0 unspecified atom stereocenters. The van der Waals surface area contributed by atoms with Crippen LogP contribution in [0.2, 0.25) is 10.0 Å². The Hall–Kier alpha value is -2.44. The van der Waals surface area contributed by atoms with Gasteiger partial charge < -0.3 is 14.9 Å². The number of hydrazone groups is 1. The summed E-state index contributed by atoms with van der Waals surface area (Å²) in [7, 11) is 1.40. The molecule has 3 N–H and O–H groups in total. The lowest BCUT2D eigenvalue weighted by molar-refractivity contribution is 0.0954. The minimum Gasteiger partial charge on any atom is -0.507 e. The summed E-state index contributed by atoms with van der Waals surface area (Å²) < 4.78 is 4.89. The highest BCUT2D eigenvalue weighted by Gasteiger charge is 2.10. The monoisotopic (exact) mass is 354 g/mol. The molecule has 0 saturated heterocycles. The van der Waals surface area contributed by atoms with Crippen molar-refractivity contribution in [1.82, 2.24) is 5.43 Å². The van der Waals surface area contributed by atoms with Crippen molar-refractivity contribution in [3.8, 4) is 17.2 Å². The molecule has 0 bridgehead atoms. The van der Waals surface area contributed by atoms with Crippen LogP contribution < -0.4 is 10.2 Å². The van der Waals surface area contributed by atoms with Crippen molar-refractivity contribution in [2.45, 2.75) is 0 Å². The second-order valence-electron chi connectivity index (χ2n) is 4.41. The van der Waals surface area contributed by atoms with Crippen molar-refractivity contribution in [3.05, 3.63) is 51.5 Å². The van der Waals surface area contributed by atoms with Gasteiger partial charge in [0.25, 0.3) is 5.91 Å². The maximum atomic E-state index is 11.9. The van der Waals surface area contributed by atoms with E-state index in [0.29, 0.717) is 0 Å². The van der Waals surface area contributed by atoms with E-state index in [2.05, 4.69) is 10.5 Å². The average molecular weight is 355 g/mol. The Morgan fingerprint density at radius 2 is 1.96 bits per heavy atom. The number of halogens is 2. The molecule has 2 rings (SSSR count). The first-order valence-electron chi connectivity index (χ1n) is 6.30. The summed E-state index contributed by atoms with van der Waals surface area (Å²) in [6, 6.07) is 6.91. The lowest BCUT2D eigenvalue weighted by Gasteiger charge is -2.05. The molecule has 0 aromatic heterocycles. The summed E-state index contributed by atoms with van der Waals surface area (Å²) in [4.78, 5) is 11.9. The zero-order valence-corrected chi connectivity index (χ0v) is 13.4. The summed E-state index contributed by atoms with van der Waals surface area (Å²) in [6.07, 6.45) is 1.19. The Labute approximate surface area is 141 Å². The van der Waals surface area contributed by atoms with Crippen molar-refractivity contribution >= 4 is 35.3 Å². The van der Waals surface area contributed by atoms with E-state index in [1.807, 2.05) is 0 Å². The van der Waals surface area contributed by atoms with Crippen molar-refractivity contribution in [3.63, 3.8) is 0 Å². The van der Waals surface area contributed by atoms with Crippen LogP contribution in [0.4, 0.5) is 0 Å².